The Morgan fingerprint density at radius 3 is 2.84 bits per heavy atom. The number of nitrogens with zero attached hydrogens (tertiary/aromatic N) is 4. The highest BCUT2D eigenvalue weighted by atomic mass is 35.5. The molecule has 1 saturated heterocycles. The van der Waals surface area contributed by atoms with Gasteiger partial charge >= 0.3 is 5.97 Å². The number of halogens is 2. The summed E-state index contributed by atoms with van der Waals surface area (Å²) in [6.45, 7) is 4.44. The number of benzene rings is 2. The number of anilines is 1. The van der Waals surface area contributed by atoms with Gasteiger partial charge < -0.3 is 19.9 Å². The molecule has 0 bridgehead atoms. The molecule has 11 heteroatoms. The molecule has 0 spiro atoms. The van der Waals surface area contributed by atoms with Gasteiger partial charge in [-0.2, -0.15) is 0 Å². The van der Waals surface area contributed by atoms with Gasteiger partial charge in [0, 0.05) is 17.0 Å². The Morgan fingerprint density at radius 2 is 2.03 bits per heavy atom. The number of amides is 1. The van der Waals surface area contributed by atoms with Gasteiger partial charge in [0.05, 0.1) is 39.8 Å². The summed E-state index contributed by atoms with van der Waals surface area (Å²) in [5.41, 5.74) is 2.50. The van der Waals surface area contributed by atoms with Crippen molar-refractivity contribution in [3.8, 4) is 0 Å². The van der Waals surface area contributed by atoms with Crippen LogP contribution < -0.4 is 5.32 Å². The third kappa shape index (κ3) is 5.06. The van der Waals surface area contributed by atoms with Crippen molar-refractivity contribution in [2.45, 2.75) is 45.2 Å². The minimum atomic E-state index is -0.616. The number of nitrogens with one attached hydrogen (secondary N) is 2. The average molecular weight is 541 g/mol. The molecule has 2 atom stereocenters. The number of aromatic nitrogens is 4. The fraction of sp³-hybridized carbons (Fsp3) is 0.346. The zero-order valence-electron chi connectivity index (χ0n) is 20.4. The molecule has 0 radical (unpaired) electrons. The van der Waals surface area contributed by atoms with Crippen LogP contribution >= 0.6 is 23.2 Å². The zero-order chi connectivity index (χ0) is 26.1. The van der Waals surface area contributed by atoms with Gasteiger partial charge in [-0.05, 0) is 63.4 Å². The first kappa shape index (κ1) is 25.2. The number of imidazole rings is 1. The van der Waals surface area contributed by atoms with E-state index in [-0.39, 0.29) is 35.1 Å². The summed E-state index contributed by atoms with van der Waals surface area (Å²) >= 11 is 12.7. The van der Waals surface area contributed by atoms with Crippen LogP contribution in [0.4, 0.5) is 5.82 Å². The molecular weight excluding hydrogens is 515 g/mol. The molecule has 1 unspecified atom stereocenters. The lowest BCUT2D eigenvalue weighted by Gasteiger charge is -2.34. The van der Waals surface area contributed by atoms with E-state index in [2.05, 4.69) is 25.3 Å². The summed E-state index contributed by atoms with van der Waals surface area (Å²) in [4.78, 5) is 44.2. The zero-order valence-corrected chi connectivity index (χ0v) is 21.9. The normalized spacial score (nSPS) is 16.6. The fourth-order valence-corrected chi connectivity index (χ4v) is 5.07. The number of hydrogen-bond acceptors (Lipinski definition) is 7. The average Bonchev–Trinajstić information content (AvgIpc) is 3.32. The number of rotatable bonds is 6. The largest absolute Gasteiger partial charge is 0.464 e. The molecule has 2 aromatic heterocycles. The van der Waals surface area contributed by atoms with Gasteiger partial charge in [-0.3, -0.25) is 4.79 Å². The van der Waals surface area contributed by atoms with E-state index in [4.69, 9.17) is 27.9 Å². The van der Waals surface area contributed by atoms with Crippen LogP contribution in [0.15, 0.2) is 36.7 Å². The number of piperidine rings is 1. The van der Waals surface area contributed by atoms with E-state index < -0.39 is 6.04 Å². The third-order valence-electron chi connectivity index (χ3n) is 6.50. The van der Waals surface area contributed by atoms with Crippen molar-refractivity contribution in [3.63, 3.8) is 0 Å². The standard InChI is InChI=1S/C26H26Cl2N6O3/c1-3-37-26(36)22-6-4-5-9-34(22)25(35)16-12-20-17(11-18(16)28)24(30-13-29-20)31-14(2)23-32-19-8-7-15(27)10-21(19)33-23/h7-8,10-14,22H,3-6,9H2,1-2H3,(H,32,33)(H,29,30,31)/t14-,22?/m1/s1. The molecule has 0 aliphatic carbocycles. The van der Waals surface area contributed by atoms with Gasteiger partial charge in [-0.25, -0.2) is 19.7 Å². The maximum Gasteiger partial charge on any atom is 0.328 e. The van der Waals surface area contributed by atoms with Crippen LogP contribution in [0.3, 0.4) is 0 Å². The summed E-state index contributed by atoms with van der Waals surface area (Å²) in [6.07, 6.45) is 3.67. The van der Waals surface area contributed by atoms with Crippen LogP contribution in [0.1, 0.15) is 55.3 Å². The lowest BCUT2D eigenvalue weighted by Crippen LogP contribution is -2.48. The lowest BCUT2D eigenvalue weighted by atomic mass is 10.0. The first-order valence-corrected chi connectivity index (χ1v) is 12.9. The Morgan fingerprint density at radius 1 is 1.19 bits per heavy atom. The van der Waals surface area contributed by atoms with E-state index in [0.29, 0.717) is 34.7 Å². The lowest BCUT2D eigenvalue weighted by molar-refractivity contribution is -0.149. The number of likely N-dealkylation sites (tertiary alicyclic amines) is 1. The van der Waals surface area contributed by atoms with Crippen LogP contribution in [0.2, 0.25) is 10.0 Å². The van der Waals surface area contributed by atoms with Gasteiger partial charge in [0.2, 0.25) is 0 Å². The Kier molecular flexibility index (Phi) is 7.17. The second kappa shape index (κ2) is 10.5. The predicted octanol–water partition coefficient (Wildman–Crippen LogP) is 5.54. The van der Waals surface area contributed by atoms with E-state index in [1.165, 1.54) is 6.33 Å². The van der Waals surface area contributed by atoms with Crippen molar-refractivity contribution < 1.29 is 14.3 Å². The SMILES string of the molecule is CCOC(=O)C1CCCCN1C(=O)c1cc2ncnc(N[C@H](C)c3nc4ccc(Cl)cc4[nH]3)c2cc1Cl. The van der Waals surface area contributed by atoms with Gasteiger partial charge in [-0.1, -0.05) is 23.2 Å². The maximum absolute atomic E-state index is 13.5. The molecule has 1 aliphatic rings. The molecule has 0 saturated carbocycles. The molecular formula is C26H26Cl2N6O3. The number of aromatic amines is 1. The van der Waals surface area contributed by atoms with Crippen LogP contribution in [-0.4, -0.2) is 55.9 Å². The molecule has 2 aromatic carbocycles. The van der Waals surface area contributed by atoms with Crippen molar-refractivity contribution in [1.82, 2.24) is 24.8 Å². The summed E-state index contributed by atoms with van der Waals surface area (Å²) in [5.74, 6) is 0.575. The van der Waals surface area contributed by atoms with Crippen LogP contribution in [-0.2, 0) is 9.53 Å². The van der Waals surface area contributed by atoms with Gasteiger partial charge in [0.15, 0.2) is 0 Å². The van der Waals surface area contributed by atoms with Crippen LogP contribution in [0.5, 0.6) is 0 Å². The molecule has 2 N–H and O–H groups in total. The third-order valence-corrected chi connectivity index (χ3v) is 7.05. The highest BCUT2D eigenvalue weighted by molar-refractivity contribution is 6.35. The van der Waals surface area contributed by atoms with Crippen molar-refractivity contribution in [3.05, 3.63) is 58.1 Å². The quantitative estimate of drug-likeness (QED) is 0.308. The summed E-state index contributed by atoms with van der Waals surface area (Å²) in [5, 5.41) is 4.91. The monoisotopic (exact) mass is 540 g/mol. The van der Waals surface area contributed by atoms with Crippen molar-refractivity contribution >= 4 is 62.8 Å². The molecule has 1 amide bonds. The van der Waals surface area contributed by atoms with E-state index in [1.807, 2.05) is 19.1 Å². The number of fused-ring (bicyclic) bond motifs is 2. The summed E-state index contributed by atoms with van der Waals surface area (Å²) < 4.78 is 5.20. The first-order chi connectivity index (χ1) is 17.9. The van der Waals surface area contributed by atoms with E-state index in [9.17, 15) is 9.59 Å². The smallest absolute Gasteiger partial charge is 0.328 e. The van der Waals surface area contributed by atoms with Crippen LogP contribution in [0, 0.1) is 0 Å². The Labute approximate surface area is 223 Å². The van der Waals surface area contributed by atoms with E-state index in [0.717, 1.165) is 29.7 Å². The molecule has 37 heavy (non-hydrogen) atoms. The van der Waals surface area contributed by atoms with Crippen molar-refractivity contribution in [2.75, 3.05) is 18.5 Å². The van der Waals surface area contributed by atoms with Crippen LogP contribution in [0.25, 0.3) is 21.9 Å². The maximum atomic E-state index is 13.5. The summed E-state index contributed by atoms with van der Waals surface area (Å²) in [6, 6.07) is 7.98. The molecule has 1 fully saturated rings. The van der Waals surface area contributed by atoms with Crippen molar-refractivity contribution in [2.24, 2.45) is 0 Å². The number of carbonyl (C=O) groups is 2. The Balaban J connectivity index is 1.43. The second-order valence-corrected chi connectivity index (χ2v) is 9.83. The highest BCUT2D eigenvalue weighted by Gasteiger charge is 2.34. The molecule has 9 nitrogen and oxygen atoms in total. The first-order valence-electron chi connectivity index (χ1n) is 12.2. The van der Waals surface area contributed by atoms with E-state index in [1.54, 1.807) is 30.0 Å². The number of H-pyrrole nitrogens is 1. The number of ether oxygens (including phenoxy) is 1. The molecule has 4 aromatic rings. The molecule has 3 heterocycles. The Bertz CT molecular complexity index is 1490. The molecule has 5 rings (SSSR count). The topological polar surface area (TPSA) is 113 Å². The minimum Gasteiger partial charge on any atom is -0.464 e. The molecule has 192 valence electrons. The Hall–Kier alpha value is -3.43. The van der Waals surface area contributed by atoms with Gasteiger partial charge in [0.1, 0.15) is 24.0 Å². The minimum absolute atomic E-state index is 0.219. The summed E-state index contributed by atoms with van der Waals surface area (Å²) in [7, 11) is 0. The number of hydrogen-bond donors (Lipinski definition) is 2. The van der Waals surface area contributed by atoms with Gasteiger partial charge in [-0.15, -0.1) is 0 Å². The second-order valence-electron chi connectivity index (χ2n) is 8.98. The predicted molar refractivity (Wildman–Crippen MR) is 143 cm³/mol. The molecule has 1 aliphatic heterocycles. The number of esters is 1. The van der Waals surface area contributed by atoms with E-state index >= 15 is 0 Å². The van der Waals surface area contributed by atoms with Gasteiger partial charge in [0.25, 0.3) is 5.91 Å². The number of carbonyl (C=O) groups excluding carboxylic acids is 2. The van der Waals surface area contributed by atoms with Crippen molar-refractivity contribution in [1.29, 1.82) is 0 Å². The highest BCUT2D eigenvalue weighted by Crippen LogP contribution is 2.31. The fourth-order valence-electron chi connectivity index (χ4n) is 4.65.